The molecule has 2 rings (SSSR count). The Morgan fingerprint density at radius 3 is 2.36 bits per heavy atom. The van der Waals surface area contributed by atoms with Gasteiger partial charge in [0.15, 0.2) is 0 Å². The Morgan fingerprint density at radius 2 is 1.79 bits per heavy atom. The number of carbonyl (C=O) groups is 1. The van der Waals surface area contributed by atoms with Gasteiger partial charge in [0.2, 0.25) is 5.75 Å². The number of hydrogen-bond acceptors (Lipinski definition) is 5. The summed E-state index contributed by atoms with van der Waals surface area (Å²) in [6.07, 6.45) is -1.08. The van der Waals surface area contributed by atoms with Gasteiger partial charge in [-0.05, 0) is 31.0 Å². The van der Waals surface area contributed by atoms with Crippen LogP contribution in [0.25, 0.3) is 11.1 Å². The molecular formula is C20H24N2O5Si. The molecule has 148 valence electrons. The van der Waals surface area contributed by atoms with E-state index in [-0.39, 0.29) is 5.56 Å². The van der Waals surface area contributed by atoms with Crippen LogP contribution in [0.5, 0.6) is 5.75 Å². The zero-order valence-electron chi connectivity index (χ0n) is 17.1. The summed E-state index contributed by atoms with van der Waals surface area (Å²) in [7, 11) is 0.850. The second-order valence-electron chi connectivity index (χ2n) is 7.57. The quantitative estimate of drug-likeness (QED) is 0.476. The predicted molar refractivity (Wildman–Crippen MR) is 110 cm³/mol. The monoisotopic (exact) mass is 400 g/mol. The minimum atomic E-state index is -1.70. The number of aryl methyl sites for hydroxylation is 3. The van der Waals surface area contributed by atoms with Gasteiger partial charge in [-0.25, -0.2) is 4.79 Å². The predicted octanol–water partition coefficient (Wildman–Crippen LogP) is 2.73. The number of aromatic nitrogens is 2. The molecule has 0 fully saturated rings. The van der Waals surface area contributed by atoms with E-state index in [0.717, 1.165) is 22.9 Å². The fourth-order valence-electron chi connectivity index (χ4n) is 2.73. The molecule has 1 aromatic heterocycles. The van der Waals surface area contributed by atoms with E-state index in [1.165, 1.54) is 7.05 Å². The van der Waals surface area contributed by atoms with Crippen LogP contribution in [-0.2, 0) is 11.8 Å². The van der Waals surface area contributed by atoms with E-state index in [4.69, 9.17) is 4.74 Å². The molecule has 0 saturated heterocycles. The fourth-order valence-corrected chi connectivity index (χ4v) is 3.24. The fraction of sp³-hybridized carbons (Fsp3) is 0.350. The lowest BCUT2D eigenvalue weighted by molar-refractivity contribution is 0.121. The summed E-state index contributed by atoms with van der Waals surface area (Å²) < 4.78 is 10.6. The normalized spacial score (nSPS) is 10.8. The van der Waals surface area contributed by atoms with Gasteiger partial charge in [-0.2, -0.15) is 0 Å². The van der Waals surface area contributed by atoms with Crippen LogP contribution in [0.2, 0.25) is 19.6 Å². The maximum Gasteiger partial charge on any atom is 0.513 e. The second kappa shape index (κ2) is 7.90. The van der Waals surface area contributed by atoms with Crippen molar-refractivity contribution >= 4 is 14.2 Å². The van der Waals surface area contributed by atoms with Gasteiger partial charge < -0.3 is 9.47 Å². The lowest BCUT2D eigenvalue weighted by Gasteiger charge is -2.15. The Hall–Kier alpha value is -3.05. The summed E-state index contributed by atoms with van der Waals surface area (Å²) in [4.78, 5) is 37.1. The number of hydrogen-bond donors (Lipinski definition) is 1. The van der Waals surface area contributed by atoms with Crippen molar-refractivity contribution in [1.82, 2.24) is 9.78 Å². The highest BCUT2D eigenvalue weighted by molar-refractivity contribution is 6.83. The Bertz CT molecular complexity index is 1110. The van der Waals surface area contributed by atoms with Crippen LogP contribution >= 0.6 is 0 Å². The molecule has 7 nitrogen and oxygen atoms in total. The van der Waals surface area contributed by atoms with E-state index < -0.39 is 31.1 Å². The Kier molecular flexibility index (Phi) is 6.00. The summed E-state index contributed by atoms with van der Waals surface area (Å²) in [5, 5.41) is 2.34. The first kappa shape index (κ1) is 21.2. The molecule has 28 heavy (non-hydrogen) atoms. The molecule has 0 amide bonds. The highest BCUT2D eigenvalue weighted by Gasteiger charge is 2.24. The van der Waals surface area contributed by atoms with Crippen LogP contribution in [0.3, 0.4) is 0 Å². The SMILES string of the molecule is COC(=O)Oc1c(-c2c(C)cc(C)cc2C#C[Si](C)(C)C)c(=O)n(C)[nH]c1=O. The first-order valence-corrected chi connectivity index (χ1v) is 12.2. The van der Waals surface area contributed by atoms with Crippen LogP contribution < -0.4 is 15.9 Å². The van der Waals surface area contributed by atoms with Gasteiger partial charge in [0.1, 0.15) is 8.07 Å². The highest BCUT2D eigenvalue weighted by atomic mass is 28.3. The molecule has 0 bridgehead atoms. The first-order valence-electron chi connectivity index (χ1n) is 8.68. The summed E-state index contributed by atoms with van der Waals surface area (Å²) in [5.41, 5.74) is 4.84. The largest absolute Gasteiger partial charge is 0.513 e. The van der Waals surface area contributed by atoms with Crippen molar-refractivity contribution in [2.75, 3.05) is 7.11 Å². The van der Waals surface area contributed by atoms with E-state index >= 15 is 0 Å². The van der Waals surface area contributed by atoms with Gasteiger partial charge in [-0.1, -0.05) is 31.6 Å². The topological polar surface area (TPSA) is 90.4 Å². The smallest absolute Gasteiger partial charge is 0.437 e. The molecule has 0 unspecified atom stereocenters. The number of aromatic amines is 1. The maximum atomic E-state index is 12.9. The molecule has 0 spiro atoms. The number of nitrogens with one attached hydrogen (secondary N) is 1. The second-order valence-corrected chi connectivity index (χ2v) is 12.3. The Labute approximate surface area is 164 Å². The van der Waals surface area contributed by atoms with E-state index in [0.29, 0.717) is 11.1 Å². The van der Waals surface area contributed by atoms with Crippen LogP contribution in [0, 0.1) is 25.3 Å². The molecule has 0 saturated carbocycles. The van der Waals surface area contributed by atoms with Gasteiger partial charge in [-0.3, -0.25) is 19.4 Å². The molecule has 0 aliphatic heterocycles. The summed E-state index contributed by atoms with van der Waals surface area (Å²) in [6, 6.07) is 3.75. The summed E-state index contributed by atoms with van der Waals surface area (Å²) in [5.74, 6) is 2.77. The number of H-pyrrole nitrogens is 1. The van der Waals surface area contributed by atoms with Gasteiger partial charge in [0.25, 0.3) is 5.56 Å². The molecule has 0 aliphatic rings. The number of methoxy groups -OCH3 is 1. The molecule has 0 aliphatic carbocycles. The number of carbonyl (C=O) groups excluding carboxylic acids is 1. The molecular weight excluding hydrogens is 376 g/mol. The number of nitrogens with zero attached hydrogens (tertiary/aromatic N) is 1. The number of ether oxygens (including phenoxy) is 2. The maximum absolute atomic E-state index is 12.9. The standard InChI is InChI=1S/C20H24N2O5Si/c1-12-10-13(2)15(14(11-12)8-9-28(5,6)7)16-17(27-20(25)26-4)18(23)21-22(3)19(16)24/h10-11H,1-7H3,(H,21,23). The van der Waals surface area contributed by atoms with Gasteiger partial charge in [-0.15, -0.1) is 5.54 Å². The van der Waals surface area contributed by atoms with Crippen molar-refractivity contribution < 1.29 is 14.3 Å². The number of rotatable bonds is 2. The molecule has 8 heteroatoms. The third-order valence-corrected chi connectivity index (χ3v) is 4.75. The molecule has 2 aromatic rings. The highest BCUT2D eigenvalue weighted by Crippen LogP contribution is 2.31. The first-order chi connectivity index (χ1) is 12.9. The van der Waals surface area contributed by atoms with E-state index in [1.54, 1.807) is 0 Å². The van der Waals surface area contributed by atoms with Crippen molar-refractivity contribution in [1.29, 1.82) is 0 Å². The van der Waals surface area contributed by atoms with Crippen molar-refractivity contribution in [3.05, 3.63) is 49.5 Å². The van der Waals surface area contributed by atoms with Gasteiger partial charge >= 0.3 is 11.7 Å². The molecule has 1 N–H and O–H groups in total. The third kappa shape index (κ3) is 4.61. The Balaban J connectivity index is 2.95. The van der Waals surface area contributed by atoms with Crippen molar-refractivity contribution in [3.8, 4) is 28.3 Å². The minimum Gasteiger partial charge on any atom is -0.437 e. The third-order valence-electron chi connectivity index (χ3n) is 3.88. The van der Waals surface area contributed by atoms with Crippen LogP contribution in [0.15, 0.2) is 21.7 Å². The average Bonchev–Trinajstić information content (AvgIpc) is 2.58. The summed E-state index contributed by atoms with van der Waals surface area (Å²) in [6.45, 7) is 10.1. The lowest BCUT2D eigenvalue weighted by Crippen LogP contribution is -2.31. The lowest BCUT2D eigenvalue weighted by atomic mass is 9.94. The molecule has 0 atom stereocenters. The van der Waals surface area contributed by atoms with Crippen molar-refractivity contribution in [3.63, 3.8) is 0 Å². The van der Waals surface area contributed by atoms with Crippen LogP contribution in [-0.4, -0.2) is 31.1 Å². The van der Waals surface area contributed by atoms with E-state index in [9.17, 15) is 14.4 Å². The van der Waals surface area contributed by atoms with Crippen LogP contribution in [0.4, 0.5) is 4.79 Å². The summed E-state index contributed by atoms with van der Waals surface area (Å²) >= 11 is 0. The number of benzene rings is 1. The average molecular weight is 401 g/mol. The van der Waals surface area contributed by atoms with Crippen LogP contribution in [0.1, 0.15) is 16.7 Å². The zero-order valence-corrected chi connectivity index (χ0v) is 18.1. The van der Waals surface area contributed by atoms with E-state index in [1.807, 2.05) is 26.0 Å². The molecule has 1 aromatic carbocycles. The van der Waals surface area contributed by atoms with Gasteiger partial charge in [0.05, 0.1) is 12.7 Å². The minimum absolute atomic E-state index is 0.0194. The molecule has 1 heterocycles. The van der Waals surface area contributed by atoms with Gasteiger partial charge in [0, 0.05) is 18.2 Å². The Morgan fingerprint density at radius 1 is 1.14 bits per heavy atom. The van der Waals surface area contributed by atoms with Crippen molar-refractivity contribution in [2.24, 2.45) is 7.05 Å². The van der Waals surface area contributed by atoms with E-state index in [2.05, 4.69) is 40.9 Å². The molecule has 0 radical (unpaired) electrons. The van der Waals surface area contributed by atoms with Crippen molar-refractivity contribution in [2.45, 2.75) is 33.5 Å². The zero-order chi connectivity index (χ0) is 21.2.